The number of carbonyl (C=O) groups is 1. The Labute approximate surface area is 168 Å². The quantitative estimate of drug-likeness (QED) is 0.729. The summed E-state index contributed by atoms with van der Waals surface area (Å²) in [5, 5.41) is 2.94. The number of benzene rings is 2. The number of ether oxygens (including phenoxy) is 2. The van der Waals surface area contributed by atoms with Gasteiger partial charge in [-0.05, 0) is 36.8 Å². The minimum absolute atomic E-state index is 0.00806. The molecule has 27 heavy (non-hydrogen) atoms. The molecule has 1 N–H and O–H groups in total. The van der Waals surface area contributed by atoms with Crippen LogP contribution in [0.2, 0.25) is 0 Å². The molecule has 1 saturated heterocycles. The molecular weight excluding hydrogens is 408 g/mol. The van der Waals surface area contributed by atoms with Gasteiger partial charge in [0.15, 0.2) is 6.10 Å². The normalized spacial score (nSPS) is 18.7. The number of nitrogens with one attached hydrogen (secondary N) is 1. The fourth-order valence-electron chi connectivity index (χ4n) is 3.02. The van der Waals surface area contributed by atoms with Crippen LogP contribution in [0.15, 0.2) is 59.1 Å². The molecule has 0 radical (unpaired) electrons. The first-order valence-electron chi connectivity index (χ1n) is 9.18. The molecule has 0 aliphatic carbocycles. The number of carbonyl (C=O) groups excluding carboxylic acids is 1. The minimum Gasteiger partial charge on any atom is -0.481 e. The molecule has 0 bridgehead atoms. The van der Waals surface area contributed by atoms with E-state index in [1.54, 1.807) is 6.92 Å². The zero-order valence-electron chi connectivity index (χ0n) is 15.4. The molecule has 1 aliphatic rings. The maximum Gasteiger partial charge on any atom is 0.260 e. The van der Waals surface area contributed by atoms with Crippen LogP contribution in [0.3, 0.4) is 0 Å². The summed E-state index contributed by atoms with van der Waals surface area (Å²) in [4.78, 5) is 14.7. The van der Waals surface area contributed by atoms with Gasteiger partial charge in [-0.3, -0.25) is 9.69 Å². The first kappa shape index (κ1) is 19.9. The van der Waals surface area contributed by atoms with Gasteiger partial charge in [0.25, 0.3) is 5.91 Å². The average molecular weight is 433 g/mol. The smallest absolute Gasteiger partial charge is 0.260 e. The van der Waals surface area contributed by atoms with Crippen molar-refractivity contribution in [2.24, 2.45) is 0 Å². The zero-order valence-corrected chi connectivity index (χ0v) is 17.0. The maximum atomic E-state index is 12.3. The second-order valence-electron chi connectivity index (χ2n) is 6.67. The second kappa shape index (κ2) is 9.88. The van der Waals surface area contributed by atoms with E-state index < -0.39 is 6.10 Å². The van der Waals surface area contributed by atoms with E-state index in [9.17, 15) is 4.79 Å². The third-order valence-corrected chi connectivity index (χ3v) is 5.00. The fourth-order valence-corrected chi connectivity index (χ4v) is 3.28. The Hall–Kier alpha value is -1.89. The number of morpholine rings is 1. The standard InChI is InChI=1S/C21H25BrN2O3/c1-16(27-19-9-7-18(22)8-10-19)21(25)23-13-20-15-24(11-12-26-20)14-17-5-3-2-4-6-17/h2-10,16,20H,11-15H2,1H3,(H,23,25). The number of nitrogens with zero attached hydrogens (tertiary/aromatic N) is 1. The van der Waals surface area contributed by atoms with Gasteiger partial charge in [-0.15, -0.1) is 0 Å². The predicted octanol–water partition coefficient (Wildman–Crippen LogP) is 3.23. The van der Waals surface area contributed by atoms with E-state index in [0.29, 0.717) is 18.9 Å². The average Bonchev–Trinajstić information content (AvgIpc) is 2.69. The van der Waals surface area contributed by atoms with E-state index in [0.717, 1.165) is 24.1 Å². The van der Waals surface area contributed by atoms with Crippen LogP contribution < -0.4 is 10.1 Å². The van der Waals surface area contributed by atoms with Crippen LogP contribution in [-0.2, 0) is 16.1 Å². The Morgan fingerprint density at radius 2 is 2.00 bits per heavy atom. The molecular formula is C21H25BrN2O3. The van der Waals surface area contributed by atoms with Gasteiger partial charge in [0, 0.05) is 30.7 Å². The monoisotopic (exact) mass is 432 g/mol. The first-order chi connectivity index (χ1) is 13.1. The lowest BCUT2D eigenvalue weighted by molar-refractivity contribution is -0.128. The van der Waals surface area contributed by atoms with Crippen molar-refractivity contribution >= 4 is 21.8 Å². The van der Waals surface area contributed by atoms with Gasteiger partial charge < -0.3 is 14.8 Å². The summed E-state index contributed by atoms with van der Waals surface area (Å²) >= 11 is 3.38. The van der Waals surface area contributed by atoms with E-state index in [2.05, 4.69) is 50.4 Å². The van der Waals surface area contributed by atoms with Crippen molar-refractivity contribution < 1.29 is 14.3 Å². The molecule has 1 heterocycles. The van der Waals surface area contributed by atoms with Crippen LogP contribution in [-0.4, -0.2) is 49.3 Å². The van der Waals surface area contributed by atoms with Gasteiger partial charge in [0.1, 0.15) is 5.75 Å². The molecule has 2 atom stereocenters. The van der Waals surface area contributed by atoms with E-state index in [1.807, 2.05) is 30.3 Å². The fraction of sp³-hybridized carbons (Fsp3) is 0.381. The molecule has 2 unspecified atom stereocenters. The predicted molar refractivity (Wildman–Crippen MR) is 109 cm³/mol. The van der Waals surface area contributed by atoms with Crippen LogP contribution in [0.25, 0.3) is 0 Å². The number of amides is 1. The number of halogens is 1. The molecule has 1 aliphatic heterocycles. The summed E-state index contributed by atoms with van der Waals surface area (Å²) in [7, 11) is 0. The molecule has 144 valence electrons. The highest BCUT2D eigenvalue weighted by Gasteiger charge is 2.22. The van der Waals surface area contributed by atoms with Gasteiger partial charge in [-0.25, -0.2) is 0 Å². The van der Waals surface area contributed by atoms with Crippen LogP contribution in [0, 0.1) is 0 Å². The Morgan fingerprint density at radius 3 is 2.74 bits per heavy atom. The maximum absolute atomic E-state index is 12.3. The highest BCUT2D eigenvalue weighted by Crippen LogP contribution is 2.17. The van der Waals surface area contributed by atoms with Crippen molar-refractivity contribution in [2.45, 2.75) is 25.7 Å². The Morgan fingerprint density at radius 1 is 1.26 bits per heavy atom. The summed E-state index contributed by atoms with van der Waals surface area (Å²) in [6, 6.07) is 17.8. The van der Waals surface area contributed by atoms with Gasteiger partial charge in [0.2, 0.25) is 0 Å². The summed E-state index contributed by atoms with van der Waals surface area (Å²) in [6.45, 7) is 5.52. The molecule has 2 aromatic carbocycles. The highest BCUT2D eigenvalue weighted by molar-refractivity contribution is 9.10. The summed E-state index contributed by atoms with van der Waals surface area (Å²) in [6.07, 6.45) is -0.568. The van der Waals surface area contributed by atoms with Crippen molar-refractivity contribution in [2.75, 3.05) is 26.2 Å². The topological polar surface area (TPSA) is 50.8 Å². The third-order valence-electron chi connectivity index (χ3n) is 4.47. The largest absolute Gasteiger partial charge is 0.481 e. The lowest BCUT2D eigenvalue weighted by Gasteiger charge is -2.33. The molecule has 3 rings (SSSR count). The van der Waals surface area contributed by atoms with Crippen molar-refractivity contribution in [1.29, 1.82) is 0 Å². The molecule has 0 saturated carbocycles. The molecule has 1 amide bonds. The summed E-state index contributed by atoms with van der Waals surface area (Å²) in [5.74, 6) is 0.533. The Bertz CT molecular complexity index is 724. The third kappa shape index (κ3) is 6.34. The van der Waals surface area contributed by atoms with Crippen molar-refractivity contribution in [3.63, 3.8) is 0 Å². The first-order valence-corrected chi connectivity index (χ1v) is 9.97. The van der Waals surface area contributed by atoms with Crippen molar-refractivity contribution in [3.05, 3.63) is 64.6 Å². The van der Waals surface area contributed by atoms with E-state index >= 15 is 0 Å². The number of rotatable bonds is 7. The molecule has 0 spiro atoms. The van der Waals surface area contributed by atoms with Gasteiger partial charge in [-0.2, -0.15) is 0 Å². The zero-order chi connectivity index (χ0) is 19.1. The highest BCUT2D eigenvalue weighted by atomic mass is 79.9. The van der Waals surface area contributed by atoms with Crippen LogP contribution in [0.1, 0.15) is 12.5 Å². The van der Waals surface area contributed by atoms with E-state index in [4.69, 9.17) is 9.47 Å². The SMILES string of the molecule is CC(Oc1ccc(Br)cc1)C(=O)NCC1CN(Cc2ccccc2)CCO1. The lowest BCUT2D eigenvalue weighted by Crippen LogP contribution is -2.48. The summed E-state index contributed by atoms with van der Waals surface area (Å²) < 4.78 is 12.5. The molecule has 1 fully saturated rings. The van der Waals surface area contributed by atoms with Gasteiger partial charge >= 0.3 is 0 Å². The van der Waals surface area contributed by atoms with Crippen LogP contribution in [0.5, 0.6) is 5.75 Å². The van der Waals surface area contributed by atoms with Gasteiger partial charge in [0.05, 0.1) is 12.7 Å². The van der Waals surface area contributed by atoms with Crippen molar-refractivity contribution in [1.82, 2.24) is 10.2 Å². The lowest BCUT2D eigenvalue weighted by atomic mass is 10.2. The second-order valence-corrected chi connectivity index (χ2v) is 7.59. The van der Waals surface area contributed by atoms with Crippen LogP contribution in [0.4, 0.5) is 0 Å². The van der Waals surface area contributed by atoms with Crippen molar-refractivity contribution in [3.8, 4) is 5.75 Å². The van der Waals surface area contributed by atoms with Gasteiger partial charge in [-0.1, -0.05) is 46.3 Å². The van der Waals surface area contributed by atoms with E-state index in [-0.39, 0.29) is 12.0 Å². The van der Waals surface area contributed by atoms with E-state index in [1.165, 1.54) is 5.56 Å². The molecule has 0 aromatic heterocycles. The van der Waals surface area contributed by atoms with Crippen LogP contribution >= 0.6 is 15.9 Å². The Balaban J connectivity index is 1.43. The summed E-state index contributed by atoms with van der Waals surface area (Å²) in [5.41, 5.74) is 1.29. The molecule has 6 heteroatoms. The Kier molecular flexibility index (Phi) is 7.26. The minimum atomic E-state index is -0.560. The number of hydrogen-bond donors (Lipinski definition) is 1. The molecule has 2 aromatic rings. The number of hydrogen-bond acceptors (Lipinski definition) is 4. The molecule has 5 nitrogen and oxygen atoms in total.